The Kier molecular flexibility index (Phi) is 12.3. The normalized spacial score (nSPS) is 12.6. The van der Waals surface area contributed by atoms with Gasteiger partial charge in [-0.15, -0.1) is 0 Å². The van der Waals surface area contributed by atoms with E-state index in [2.05, 4.69) is 29.9 Å². The molecule has 34 heavy (non-hydrogen) atoms. The first kappa shape index (κ1) is 27.5. The van der Waals surface area contributed by atoms with Gasteiger partial charge in [0.05, 0.1) is 6.07 Å². The van der Waals surface area contributed by atoms with Crippen molar-refractivity contribution in [2.45, 2.75) is 104 Å². The van der Waals surface area contributed by atoms with Gasteiger partial charge < -0.3 is 4.74 Å². The Morgan fingerprint density at radius 3 is 2.03 bits per heavy atom. The van der Waals surface area contributed by atoms with Gasteiger partial charge in [0, 0.05) is 18.0 Å². The molecule has 1 aromatic heterocycles. The average molecular weight is 464 g/mol. The molecule has 0 aliphatic heterocycles. The van der Waals surface area contributed by atoms with E-state index in [9.17, 15) is 10.1 Å². The molecule has 184 valence electrons. The topological polar surface area (TPSA) is 75.9 Å². The van der Waals surface area contributed by atoms with Gasteiger partial charge in [-0.1, -0.05) is 78.1 Å². The molecule has 1 atom stereocenters. The number of aryl methyl sites for hydroxylation is 1. The number of rotatable bonds is 16. The molecule has 0 saturated carbocycles. The summed E-state index contributed by atoms with van der Waals surface area (Å²) in [6, 6.07) is 9.29. The zero-order chi connectivity index (χ0) is 24.7. The third-order valence-corrected chi connectivity index (χ3v) is 6.32. The van der Waals surface area contributed by atoms with Gasteiger partial charge in [-0.25, -0.2) is 14.8 Å². The Labute approximate surface area is 206 Å². The van der Waals surface area contributed by atoms with Gasteiger partial charge in [0.25, 0.3) is 0 Å². The van der Waals surface area contributed by atoms with Crippen LogP contribution in [0.2, 0.25) is 0 Å². The Hall–Kier alpha value is -2.74. The molecular weight excluding hydrogens is 422 g/mol. The lowest BCUT2D eigenvalue weighted by Gasteiger charge is -2.19. The summed E-state index contributed by atoms with van der Waals surface area (Å²) in [5, 5.41) is 9.50. The predicted octanol–water partition coefficient (Wildman–Crippen LogP) is 7.84. The number of aromatic nitrogens is 2. The summed E-state index contributed by atoms with van der Waals surface area (Å²) in [7, 11) is 0. The number of nitrogens with zero attached hydrogens (tertiary/aromatic N) is 3. The van der Waals surface area contributed by atoms with E-state index in [1.165, 1.54) is 56.9 Å². The van der Waals surface area contributed by atoms with Crippen molar-refractivity contribution in [1.29, 1.82) is 5.26 Å². The minimum atomic E-state index is -1.12. The molecule has 0 aliphatic rings. The monoisotopic (exact) mass is 463 g/mol. The average Bonchev–Trinajstić information content (AvgIpc) is 2.86. The summed E-state index contributed by atoms with van der Waals surface area (Å²) in [4.78, 5) is 21.6. The Morgan fingerprint density at radius 2 is 1.44 bits per heavy atom. The van der Waals surface area contributed by atoms with Crippen molar-refractivity contribution in [1.82, 2.24) is 9.97 Å². The number of esters is 1. The summed E-state index contributed by atoms with van der Waals surface area (Å²) in [6.45, 7) is 6.00. The van der Waals surface area contributed by atoms with Gasteiger partial charge >= 0.3 is 5.97 Å². The highest BCUT2D eigenvalue weighted by Crippen LogP contribution is 2.27. The van der Waals surface area contributed by atoms with E-state index in [-0.39, 0.29) is 0 Å². The molecule has 0 fully saturated rings. The zero-order valence-corrected chi connectivity index (χ0v) is 21.3. The fourth-order valence-corrected chi connectivity index (χ4v) is 3.92. The summed E-state index contributed by atoms with van der Waals surface area (Å²) in [5.74, 6) is 0.580. The minimum Gasteiger partial charge on any atom is -0.425 e. The highest BCUT2D eigenvalue weighted by Gasteiger charge is 2.35. The lowest BCUT2D eigenvalue weighted by atomic mass is 9.86. The standard InChI is InChI=1S/C29H41N3O2/c1-4-6-8-9-10-11-12-13-15-24-21-31-27(32-22-24)25-16-18-26(19-17-25)34-28(33)29(3,23-30)20-14-7-5-2/h16-19,21-22H,4-15,20H2,1-3H3. The Balaban J connectivity index is 1.82. The molecule has 0 radical (unpaired) electrons. The van der Waals surface area contributed by atoms with E-state index in [0.29, 0.717) is 18.0 Å². The van der Waals surface area contributed by atoms with Crippen molar-refractivity contribution in [3.63, 3.8) is 0 Å². The van der Waals surface area contributed by atoms with Crippen LogP contribution in [0.4, 0.5) is 0 Å². The molecule has 1 heterocycles. The first-order valence-corrected chi connectivity index (χ1v) is 13.1. The Bertz CT molecular complexity index is 887. The molecule has 0 bridgehead atoms. The quantitative estimate of drug-likeness (QED) is 0.144. The lowest BCUT2D eigenvalue weighted by molar-refractivity contribution is -0.142. The van der Waals surface area contributed by atoms with Crippen LogP contribution in [0, 0.1) is 16.7 Å². The lowest BCUT2D eigenvalue weighted by Crippen LogP contribution is -2.30. The third kappa shape index (κ3) is 9.25. The van der Waals surface area contributed by atoms with E-state index < -0.39 is 11.4 Å². The maximum atomic E-state index is 12.6. The number of hydrogen-bond donors (Lipinski definition) is 0. The van der Waals surface area contributed by atoms with Crippen LogP contribution in [0.15, 0.2) is 36.7 Å². The maximum Gasteiger partial charge on any atom is 0.331 e. The van der Waals surface area contributed by atoms with E-state index in [1.54, 1.807) is 19.1 Å². The van der Waals surface area contributed by atoms with Crippen molar-refractivity contribution in [2.24, 2.45) is 5.41 Å². The van der Waals surface area contributed by atoms with Crippen molar-refractivity contribution < 1.29 is 9.53 Å². The summed E-state index contributed by atoms with van der Waals surface area (Å²) in [5.41, 5.74) is 0.908. The number of benzene rings is 1. The molecule has 5 nitrogen and oxygen atoms in total. The molecule has 0 saturated heterocycles. The van der Waals surface area contributed by atoms with Gasteiger partial charge in [0.15, 0.2) is 11.2 Å². The molecule has 0 N–H and O–H groups in total. The van der Waals surface area contributed by atoms with Crippen molar-refractivity contribution in [2.75, 3.05) is 0 Å². The second kappa shape index (κ2) is 15.2. The first-order valence-electron chi connectivity index (χ1n) is 13.1. The predicted molar refractivity (Wildman–Crippen MR) is 137 cm³/mol. The van der Waals surface area contributed by atoms with Gasteiger partial charge in [-0.05, 0) is 56.0 Å². The zero-order valence-electron chi connectivity index (χ0n) is 21.3. The SMILES string of the molecule is CCCCCCCCCCc1cnc(-c2ccc(OC(=O)C(C)(C#N)CCCCC)cc2)nc1. The van der Waals surface area contributed by atoms with E-state index in [4.69, 9.17) is 4.74 Å². The number of unbranched alkanes of at least 4 members (excludes halogenated alkanes) is 9. The number of hydrogen-bond acceptors (Lipinski definition) is 5. The van der Waals surface area contributed by atoms with Crippen LogP contribution >= 0.6 is 0 Å². The molecule has 1 unspecified atom stereocenters. The van der Waals surface area contributed by atoms with Crippen LogP contribution in [0.1, 0.15) is 103 Å². The van der Waals surface area contributed by atoms with Gasteiger partial charge in [0.1, 0.15) is 5.75 Å². The molecule has 0 aliphatic carbocycles. The van der Waals surface area contributed by atoms with Gasteiger partial charge in [-0.3, -0.25) is 0 Å². The van der Waals surface area contributed by atoms with Crippen LogP contribution in [-0.2, 0) is 11.2 Å². The second-order valence-corrected chi connectivity index (χ2v) is 9.45. The number of carbonyl (C=O) groups excluding carboxylic acids is 1. The summed E-state index contributed by atoms with van der Waals surface area (Å²) in [6.07, 6.45) is 18.7. The van der Waals surface area contributed by atoms with Crippen molar-refractivity contribution in [3.05, 3.63) is 42.2 Å². The van der Waals surface area contributed by atoms with Gasteiger partial charge in [0.2, 0.25) is 0 Å². The Morgan fingerprint density at radius 1 is 0.882 bits per heavy atom. The van der Waals surface area contributed by atoms with Gasteiger partial charge in [-0.2, -0.15) is 5.26 Å². The van der Waals surface area contributed by atoms with E-state index >= 15 is 0 Å². The molecule has 0 amide bonds. The molecule has 2 aromatic rings. The largest absolute Gasteiger partial charge is 0.425 e. The van der Waals surface area contributed by atoms with Crippen LogP contribution in [0.25, 0.3) is 11.4 Å². The fourth-order valence-electron chi connectivity index (χ4n) is 3.92. The molecular formula is C29H41N3O2. The highest BCUT2D eigenvalue weighted by atomic mass is 16.5. The summed E-state index contributed by atoms with van der Waals surface area (Å²) >= 11 is 0. The highest BCUT2D eigenvalue weighted by molar-refractivity contribution is 5.81. The maximum absolute atomic E-state index is 12.6. The number of carbonyl (C=O) groups is 1. The van der Waals surface area contributed by atoms with Crippen molar-refractivity contribution in [3.8, 4) is 23.2 Å². The van der Waals surface area contributed by atoms with Crippen LogP contribution in [0.3, 0.4) is 0 Å². The minimum absolute atomic E-state index is 0.428. The molecule has 1 aromatic carbocycles. The summed E-state index contributed by atoms with van der Waals surface area (Å²) < 4.78 is 5.50. The number of ether oxygens (including phenoxy) is 1. The van der Waals surface area contributed by atoms with Crippen molar-refractivity contribution >= 4 is 5.97 Å². The van der Waals surface area contributed by atoms with Crippen LogP contribution in [-0.4, -0.2) is 15.9 Å². The first-order chi connectivity index (χ1) is 16.5. The van der Waals surface area contributed by atoms with Crippen LogP contribution in [0.5, 0.6) is 5.75 Å². The third-order valence-electron chi connectivity index (χ3n) is 6.32. The fraction of sp³-hybridized carbons (Fsp3) is 0.586. The molecule has 5 heteroatoms. The second-order valence-electron chi connectivity index (χ2n) is 9.45. The van der Waals surface area contributed by atoms with Crippen LogP contribution < -0.4 is 4.74 Å². The number of nitriles is 1. The molecule has 0 spiro atoms. The molecule has 2 rings (SSSR count). The smallest absolute Gasteiger partial charge is 0.331 e. The van der Waals surface area contributed by atoms with E-state index in [1.807, 2.05) is 24.5 Å². The van der Waals surface area contributed by atoms with E-state index in [0.717, 1.165) is 31.2 Å².